The van der Waals surface area contributed by atoms with Crippen molar-refractivity contribution in [3.8, 4) is 0 Å². The van der Waals surface area contributed by atoms with Gasteiger partial charge in [-0.3, -0.25) is 24.2 Å². The summed E-state index contributed by atoms with van der Waals surface area (Å²) in [6.07, 6.45) is 1.56. The number of rotatable bonds is 4. The SMILES string of the molecule is Cn1[nH]c(=O)c(=O)nc1SCCn1cc(N)ccc1=O. The van der Waals surface area contributed by atoms with Crippen molar-refractivity contribution < 1.29 is 0 Å². The van der Waals surface area contributed by atoms with Gasteiger partial charge < -0.3 is 10.3 Å². The molecule has 0 saturated heterocycles. The van der Waals surface area contributed by atoms with E-state index in [1.54, 1.807) is 19.3 Å². The van der Waals surface area contributed by atoms with Crippen LogP contribution in [0.5, 0.6) is 0 Å². The molecule has 0 spiro atoms. The second-order valence-electron chi connectivity index (χ2n) is 4.04. The van der Waals surface area contributed by atoms with Crippen LogP contribution in [0.1, 0.15) is 0 Å². The average molecular weight is 295 g/mol. The van der Waals surface area contributed by atoms with Crippen LogP contribution in [-0.4, -0.2) is 25.1 Å². The number of aromatic nitrogens is 4. The Labute approximate surface area is 117 Å². The Morgan fingerprint density at radius 1 is 1.35 bits per heavy atom. The van der Waals surface area contributed by atoms with Crippen LogP contribution in [-0.2, 0) is 13.6 Å². The zero-order valence-corrected chi connectivity index (χ0v) is 11.5. The summed E-state index contributed by atoms with van der Waals surface area (Å²) in [6.45, 7) is 0.420. The van der Waals surface area contributed by atoms with Gasteiger partial charge in [-0.15, -0.1) is 0 Å². The molecule has 0 aromatic carbocycles. The number of nitrogens with zero attached hydrogens (tertiary/aromatic N) is 3. The van der Waals surface area contributed by atoms with Gasteiger partial charge in [-0.1, -0.05) is 11.8 Å². The van der Waals surface area contributed by atoms with Crippen molar-refractivity contribution in [2.75, 3.05) is 11.5 Å². The maximum Gasteiger partial charge on any atom is 0.339 e. The van der Waals surface area contributed by atoms with Gasteiger partial charge in [0.25, 0.3) is 5.56 Å². The quantitative estimate of drug-likeness (QED) is 0.552. The van der Waals surface area contributed by atoms with E-state index in [2.05, 4.69) is 10.1 Å². The number of hydrogen-bond donors (Lipinski definition) is 2. The fourth-order valence-electron chi connectivity index (χ4n) is 1.55. The van der Waals surface area contributed by atoms with E-state index >= 15 is 0 Å². The number of anilines is 1. The fraction of sp³-hybridized carbons (Fsp3) is 0.273. The van der Waals surface area contributed by atoms with Gasteiger partial charge in [0.2, 0.25) is 0 Å². The normalized spacial score (nSPS) is 10.7. The van der Waals surface area contributed by atoms with Crippen LogP contribution < -0.4 is 22.4 Å². The van der Waals surface area contributed by atoms with E-state index in [-0.39, 0.29) is 5.56 Å². The van der Waals surface area contributed by atoms with Crippen molar-refractivity contribution in [2.24, 2.45) is 7.05 Å². The Kier molecular flexibility index (Phi) is 4.08. The van der Waals surface area contributed by atoms with Gasteiger partial charge in [-0.2, -0.15) is 4.98 Å². The summed E-state index contributed by atoms with van der Waals surface area (Å²) >= 11 is 1.26. The zero-order valence-electron chi connectivity index (χ0n) is 10.7. The number of nitrogens with one attached hydrogen (secondary N) is 1. The van der Waals surface area contributed by atoms with Crippen molar-refractivity contribution in [1.82, 2.24) is 19.3 Å². The van der Waals surface area contributed by atoms with E-state index in [0.29, 0.717) is 23.1 Å². The van der Waals surface area contributed by atoms with Crippen molar-refractivity contribution in [2.45, 2.75) is 11.7 Å². The van der Waals surface area contributed by atoms with E-state index in [4.69, 9.17) is 5.73 Å². The lowest BCUT2D eigenvalue weighted by Crippen LogP contribution is -2.34. The van der Waals surface area contributed by atoms with Crippen LogP contribution in [0.2, 0.25) is 0 Å². The summed E-state index contributed by atoms with van der Waals surface area (Å²) < 4.78 is 2.85. The number of aromatic amines is 1. The highest BCUT2D eigenvalue weighted by Gasteiger charge is 2.05. The highest BCUT2D eigenvalue weighted by molar-refractivity contribution is 7.99. The van der Waals surface area contributed by atoms with Gasteiger partial charge in [0, 0.05) is 37.3 Å². The molecule has 0 aliphatic carbocycles. The maximum atomic E-state index is 11.6. The lowest BCUT2D eigenvalue weighted by Gasteiger charge is -2.07. The predicted molar refractivity (Wildman–Crippen MR) is 75.9 cm³/mol. The first-order chi connectivity index (χ1) is 9.47. The molecular weight excluding hydrogens is 282 g/mol. The monoisotopic (exact) mass is 295 g/mol. The summed E-state index contributed by atoms with van der Waals surface area (Å²) in [5.41, 5.74) is 4.37. The molecule has 106 valence electrons. The van der Waals surface area contributed by atoms with Crippen LogP contribution >= 0.6 is 11.8 Å². The molecule has 0 saturated carbocycles. The first-order valence-corrected chi connectivity index (χ1v) is 6.72. The van der Waals surface area contributed by atoms with Crippen LogP contribution in [0, 0.1) is 0 Å². The van der Waals surface area contributed by atoms with Gasteiger partial charge in [-0.25, -0.2) is 0 Å². The maximum absolute atomic E-state index is 11.6. The third kappa shape index (κ3) is 3.18. The summed E-state index contributed by atoms with van der Waals surface area (Å²) in [6, 6.07) is 2.94. The van der Waals surface area contributed by atoms with Gasteiger partial charge in [-0.05, 0) is 6.07 Å². The minimum Gasteiger partial charge on any atom is -0.398 e. The molecular formula is C11H13N5O3S. The highest BCUT2D eigenvalue weighted by Crippen LogP contribution is 2.11. The van der Waals surface area contributed by atoms with Gasteiger partial charge in [0.1, 0.15) is 0 Å². The number of aryl methyl sites for hydroxylation is 2. The molecule has 2 heterocycles. The van der Waals surface area contributed by atoms with Crippen molar-refractivity contribution >= 4 is 17.4 Å². The summed E-state index contributed by atoms with van der Waals surface area (Å²) in [5.74, 6) is 0.510. The molecule has 0 amide bonds. The minimum atomic E-state index is -0.827. The standard InChI is InChI=1S/C11H13N5O3S/c1-15-11(13-9(18)10(19)14-15)20-5-4-16-6-7(12)2-3-8(16)17/h2-3,6H,4-5,12H2,1H3,(H,14,19). The molecule has 9 heteroatoms. The topological polar surface area (TPSA) is 116 Å². The predicted octanol–water partition coefficient (Wildman–Crippen LogP) is -0.995. The van der Waals surface area contributed by atoms with Crippen LogP contribution in [0.3, 0.4) is 0 Å². The molecule has 0 bridgehead atoms. The molecule has 0 atom stereocenters. The number of pyridine rings is 1. The third-order valence-electron chi connectivity index (χ3n) is 2.52. The smallest absolute Gasteiger partial charge is 0.339 e. The van der Waals surface area contributed by atoms with E-state index in [0.717, 1.165) is 0 Å². The Balaban J connectivity index is 2.08. The molecule has 2 aromatic heterocycles. The number of nitrogens with two attached hydrogens (primary N) is 1. The molecule has 0 aliphatic heterocycles. The van der Waals surface area contributed by atoms with E-state index in [1.807, 2.05) is 0 Å². The molecule has 8 nitrogen and oxygen atoms in total. The number of hydrogen-bond acceptors (Lipinski definition) is 6. The fourth-order valence-corrected chi connectivity index (χ4v) is 2.41. The minimum absolute atomic E-state index is 0.150. The van der Waals surface area contributed by atoms with E-state index in [1.165, 1.54) is 27.1 Å². The Bertz CT molecular complexity index is 792. The second-order valence-corrected chi connectivity index (χ2v) is 5.10. The molecule has 0 fully saturated rings. The molecule has 2 rings (SSSR count). The summed E-state index contributed by atoms with van der Waals surface area (Å²) in [4.78, 5) is 37.4. The second kappa shape index (κ2) is 5.78. The van der Waals surface area contributed by atoms with Crippen molar-refractivity contribution in [3.05, 3.63) is 49.4 Å². The summed E-state index contributed by atoms with van der Waals surface area (Å²) in [5, 5.41) is 2.73. The first-order valence-electron chi connectivity index (χ1n) is 5.73. The molecule has 0 unspecified atom stereocenters. The number of H-pyrrole nitrogens is 1. The van der Waals surface area contributed by atoms with E-state index < -0.39 is 11.1 Å². The lowest BCUT2D eigenvalue weighted by molar-refractivity contribution is 0.595. The number of thioether (sulfide) groups is 1. The van der Waals surface area contributed by atoms with Gasteiger partial charge >= 0.3 is 11.1 Å². The van der Waals surface area contributed by atoms with Gasteiger partial charge in [0.15, 0.2) is 5.16 Å². The number of nitrogen functional groups attached to an aromatic ring is 1. The van der Waals surface area contributed by atoms with Crippen molar-refractivity contribution in [3.63, 3.8) is 0 Å². The summed E-state index contributed by atoms with van der Waals surface area (Å²) in [7, 11) is 1.59. The zero-order chi connectivity index (χ0) is 14.7. The lowest BCUT2D eigenvalue weighted by atomic mass is 10.4. The first kappa shape index (κ1) is 14.1. The van der Waals surface area contributed by atoms with Crippen LogP contribution in [0.4, 0.5) is 5.69 Å². The van der Waals surface area contributed by atoms with E-state index in [9.17, 15) is 14.4 Å². The Hall–Kier alpha value is -2.29. The third-order valence-corrected chi connectivity index (χ3v) is 3.53. The molecule has 0 radical (unpaired) electrons. The largest absolute Gasteiger partial charge is 0.398 e. The van der Waals surface area contributed by atoms with Crippen LogP contribution in [0.15, 0.2) is 37.9 Å². The van der Waals surface area contributed by atoms with Crippen LogP contribution in [0.25, 0.3) is 0 Å². The molecule has 20 heavy (non-hydrogen) atoms. The highest BCUT2D eigenvalue weighted by atomic mass is 32.2. The molecule has 3 N–H and O–H groups in total. The average Bonchev–Trinajstić information content (AvgIpc) is 2.39. The molecule has 2 aromatic rings. The van der Waals surface area contributed by atoms with Crippen molar-refractivity contribution in [1.29, 1.82) is 0 Å². The Morgan fingerprint density at radius 2 is 2.10 bits per heavy atom. The van der Waals surface area contributed by atoms with Gasteiger partial charge in [0.05, 0.1) is 0 Å². The molecule has 0 aliphatic rings. The Morgan fingerprint density at radius 3 is 2.85 bits per heavy atom.